The van der Waals surface area contributed by atoms with Crippen molar-refractivity contribution in [1.82, 2.24) is 0 Å². The highest BCUT2D eigenvalue weighted by atomic mass is 35.5. The summed E-state index contributed by atoms with van der Waals surface area (Å²) in [6, 6.07) is 0. The third-order valence-corrected chi connectivity index (χ3v) is 3.51. The van der Waals surface area contributed by atoms with Crippen LogP contribution in [0.25, 0.3) is 0 Å². The lowest BCUT2D eigenvalue weighted by molar-refractivity contribution is -0.368. The van der Waals surface area contributed by atoms with Gasteiger partial charge in [0.1, 0.15) is 0 Å². The lowest BCUT2D eigenvalue weighted by atomic mass is 10.0. The van der Waals surface area contributed by atoms with E-state index in [1.165, 1.54) is 82.6 Å². The number of allylic oxidation sites excluding steroid dienone is 2. The number of rotatable bonds is 13. The Kier molecular flexibility index (Phi) is 20.2. The van der Waals surface area contributed by atoms with Crippen LogP contribution in [0.1, 0.15) is 90.9 Å². The van der Waals surface area contributed by atoms with E-state index >= 15 is 0 Å². The zero-order chi connectivity index (χ0) is 13.5. The monoisotopic (exact) mass is 289 g/mol. The van der Waals surface area contributed by atoms with Gasteiger partial charge in [-0.25, -0.2) is 0 Å². The smallest absolute Gasteiger partial charge is 0.0739 e. The van der Waals surface area contributed by atoms with E-state index in [1.54, 1.807) is 0 Å². The standard InChI is InChI=1S/C17H35N.ClH/c1-17(2)15-13-11-9-7-5-3-4-6-8-10-12-14-16-18;/h15H,3-14,16,18H2,1-2H3;1H. The predicted octanol–water partition coefficient (Wildman–Crippen LogP) is 1.88. The third-order valence-electron chi connectivity index (χ3n) is 3.51. The first kappa shape index (κ1) is 21.3. The molecule has 0 aromatic carbocycles. The van der Waals surface area contributed by atoms with Gasteiger partial charge in [-0.1, -0.05) is 63.0 Å². The van der Waals surface area contributed by atoms with E-state index in [0.29, 0.717) is 0 Å². The van der Waals surface area contributed by atoms with Gasteiger partial charge in [0.05, 0.1) is 6.54 Å². The average molecular weight is 290 g/mol. The van der Waals surface area contributed by atoms with Crippen LogP contribution in [0.2, 0.25) is 0 Å². The quantitative estimate of drug-likeness (QED) is 0.396. The van der Waals surface area contributed by atoms with Crippen LogP contribution >= 0.6 is 0 Å². The lowest BCUT2D eigenvalue weighted by Crippen LogP contribution is -3.00. The second-order valence-corrected chi connectivity index (χ2v) is 5.81. The molecule has 1 nitrogen and oxygen atoms in total. The fraction of sp³-hybridized carbons (Fsp3) is 0.882. The van der Waals surface area contributed by atoms with Gasteiger partial charge in [-0.05, 0) is 39.5 Å². The molecule has 0 saturated heterocycles. The first-order valence-electron chi connectivity index (χ1n) is 8.20. The van der Waals surface area contributed by atoms with Gasteiger partial charge in [-0.15, -0.1) is 0 Å². The van der Waals surface area contributed by atoms with Gasteiger partial charge in [-0.2, -0.15) is 0 Å². The molecule has 2 heteroatoms. The summed E-state index contributed by atoms with van der Waals surface area (Å²) in [5.41, 5.74) is 5.35. The lowest BCUT2D eigenvalue weighted by Gasteiger charge is -2.02. The Balaban J connectivity index is 0. The molecule has 0 atom stereocenters. The van der Waals surface area contributed by atoms with Gasteiger partial charge in [0.2, 0.25) is 0 Å². The molecule has 0 aliphatic rings. The number of hydrogen-bond donors (Lipinski definition) is 1. The molecule has 0 bridgehead atoms. The van der Waals surface area contributed by atoms with E-state index < -0.39 is 0 Å². The summed E-state index contributed by atoms with van der Waals surface area (Å²) in [6.45, 7) is 5.50. The first-order chi connectivity index (χ1) is 8.77. The minimum atomic E-state index is 0. The van der Waals surface area contributed by atoms with Crippen molar-refractivity contribution in [2.75, 3.05) is 6.54 Å². The minimum absolute atomic E-state index is 0. The number of quaternary nitrogens is 1. The van der Waals surface area contributed by atoms with E-state index in [-0.39, 0.29) is 12.4 Å². The Morgan fingerprint density at radius 2 is 1.05 bits per heavy atom. The molecule has 0 aliphatic heterocycles. The van der Waals surface area contributed by atoms with Gasteiger partial charge in [0.25, 0.3) is 0 Å². The Hall–Kier alpha value is -0.0100. The Bertz CT molecular complexity index is 186. The summed E-state index contributed by atoms with van der Waals surface area (Å²) in [6.07, 6.45) is 19.3. The molecule has 0 saturated carbocycles. The highest BCUT2D eigenvalue weighted by Gasteiger charge is 1.93. The van der Waals surface area contributed by atoms with E-state index in [0.717, 1.165) is 6.54 Å². The van der Waals surface area contributed by atoms with Crippen molar-refractivity contribution in [2.45, 2.75) is 90.9 Å². The maximum Gasteiger partial charge on any atom is 0.0739 e. The van der Waals surface area contributed by atoms with E-state index in [1.807, 2.05) is 0 Å². The molecule has 0 amide bonds. The topological polar surface area (TPSA) is 27.6 Å². The van der Waals surface area contributed by atoms with Crippen LogP contribution in [0.4, 0.5) is 0 Å². The summed E-state index contributed by atoms with van der Waals surface area (Å²) in [7, 11) is 0. The minimum Gasteiger partial charge on any atom is -1.00 e. The fourth-order valence-electron chi connectivity index (χ4n) is 2.30. The number of hydrogen-bond acceptors (Lipinski definition) is 0. The van der Waals surface area contributed by atoms with E-state index in [4.69, 9.17) is 0 Å². The van der Waals surface area contributed by atoms with Crippen molar-refractivity contribution >= 4 is 0 Å². The molecule has 0 aromatic rings. The zero-order valence-electron chi connectivity index (χ0n) is 13.4. The van der Waals surface area contributed by atoms with Crippen molar-refractivity contribution in [3.63, 3.8) is 0 Å². The molecule has 0 aromatic heterocycles. The third kappa shape index (κ3) is 20.5. The molecule has 116 valence electrons. The van der Waals surface area contributed by atoms with Gasteiger partial charge in [0, 0.05) is 0 Å². The summed E-state index contributed by atoms with van der Waals surface area (Å²) in [5.74, 6) is 0. The molecule has 19 heavy (non-hydrogen) atoms. The molecular formula is C17H36ClN. The van der Waals surface area contributed by atoms with Crippen LogP contribution in [0, 0.1) is 0 Å². The van der Waals surface area contributed by atoms with Gasteiger partial charge in [-0.3, -0.25) is 0 Å². The van der Waals surface area contributed by atoms with Crippen LogP contribution in [0.15, 0.2) is 11.6 Å². The van der Waals surface area contributed by atoms with Gasteiger partial charge in [0.15, 0.2) is 0 Å². The van der Waals surface area contributed by atoms with Crippen molar-refractivity contribution in [3.05, 3.63) is 11.6 Å². The first-order valence-corrected chi connectivity index (χ1v) is 8.20. The number of unbranched alkanes of at least 4 members (excludes halogenated alkanes) is 11. The molecule has 0 spiro atoms. The van der Waals surface area contributed by atoms with Crippen LogP contribution in [0.5, 0.6) is 0 Å². The van der Waals surface area contributed by atoms with Crippen LogP contribution < -0.4 is 18.1 Å². The fourth-order valence-corrected chi connectivity index (χ4v) is 2.30. The molecule has 0 unspecified atom stereocenters. The Morgan fingerprint density at radius 3 is 1.42 bits per heavy atom. The molecule has 0 heterocycles. The normalized spacial score (nSPS) is 10.1. The zero-order valence-corrected chi connectivity index (χ0v) is 14.1. The Morgan fingerprint density at radius 1 is 0.684 bits per heavy atom. The summed E-state index contributed by atoms with van der Waals surface area (Å²) in [5, 5.41) is 0. The second kappa shape index (κ2) is 18.0. The van der Waals surface area contributed by atoms with Crippen LogP contribution in [-0.2, 0) is 0 Å². The highest BCUT2D eigenvalue weighted by Crippen LogP contribution is 2.12. The molecule has 3 N–H and O–H groups in total. The highest BCUT2D eigenvalue weighted by molar-refractivity contribution is 4.92. The van der Waals surface area contributed by atoms with E-state index in [2.05, 4.69) is 25.7 Å². The van der Waals surface area contributed by atoms with Crippen LogP contribution in [-0.4, -0.2) is 6.54 Å². The number of halogens is 1. The van der Waals surface area contributed by atoms with Crippen molar-refractivity contribution < 1.29 is 18.1 Å². The Labute approximate surface area is 127 Å². The average Bonchev–Trinajstić information content (AvgIpc) is 2.34. The van der Waals surface area contributed by atoms with Crippen molar-refractivity contribution in [3.8, 4) is 0 Å². The summed E-state index contributed by atoms with van der Waals surface area (Å²) < 4.78 is 0. The van der Waals surface area contributed by atoms with E-state index in [9.17, 15) is 0 Å². The maximum atomic E-state index is 3.88. The molecule has 0 radical (unpaired) electrons. The van der Waals surface area contributed by atoms with Gasteiger partial charge < -0.3 is 18.1 Å². The van der Waals surface area contributed by atoms with Crippen LogP contribution in [0.3, 0.4) is 0 Å². The molecular weight excluding hydrogens is 254 g/mol. The maximum absolute atomic E-state index is 3.88. The predicted molar refractivity (Wildman–Crippen MR) is 82.6 cm³/mol. The van der Waals surface area contributed by atoms with Crippen molar-refractivity contribution in [2.24, 2.45) is 0 Å². The van der Waals surface area contributed by atoms with Gasteiger partial charge >= 0.3 is 0 Å². The second-order valence-electron chi connectivity index (χ2n) is 5.81. The molecule has 0 fully saturated rings. The SMILES string of the molecule is CC(C)=CCCCCCCCCCCCCC[NH3+].[Cl-]. The van der Waals surface area contributed by atoms with Crippen molar-refractivity contribution in [1.29, 1.82) is 0 Å². The summed E-state index contributed by atoms with van der Waals surface area (Å²) >= 11 is 0. The summed E-state index contributed by atoms with van der Waals surface area (Å²) in [4.78, 5) is 0. The largest absolute Gasteiger partial charge is 1.00 e. The molecule has 0 rings (SSSR count). The molecule has 0 aliphatic carbocycles.